The molecule has 27 heavy (non-hydrogen) atoms. The largest absolute Gasteiger partial charge is 0.465 e. The lowest BCUT2D eigenvalue weighted by molar-refractivity contribution is -0.143. The summed E-state index contributed by atoms with van der Waals surface area (Å²) in [6, 6.07) is 5.76. The molecule has 0 radical (unpaired) electrons. The maximum atomic E-state index is 13.6. The third kappa shape index (κ3) is 3.67. The number of hydrogen-bond donors (Lipinski definition) is 1. The lowest BCUT2D eigenvalue weighted by Crippen LogP contribution is -2.21. The van der Waals surface area contributed by atoms with Gasteiger partial charge in [-0.25, -0.2) is 14.5 Å². The van der Waals surface area contributed by atoms with Crippen molar-refractivity contribution in [2.24, 2.45) is 0 Å². The number of nitrogens with zero attached hydrogens (tertiary/aromatic N) is 3. The van der Waals surface area contributed by atoms with E-state index in [0.717, 1.165) is 24.6 Å². The minimum Gasteiger partial charge on any atom is -0.465 e. The summed E-state index contributed by atoms with van der Waals surface area (Å²) in [6.07, 6.45) is -2.75. The predicted molar refractivity (Wildman–Crippen MR) is 90.0 cm³/mol. The van der Waals surface area contributed by atoms with Crippen LogP contribution in [0.25, 0.3) is 5.82 Å². The fourth-order valence-electron chi connectivity index (χ4n) is 2.29. The zero-order valence-corrected chi connectivity index (χ0v) is 14.5. The summed E-state index contributed by atoms with van der Waals surface area (Å²) in [5, 5.41) is 7.46. The smallest absolute Gasteiger partial charge is 0.434 e. The van der Waals surface area contributed by atoms with Crippen molar-refractivity contribution in [3.8, 4) is 5.82 Å². The zero-order chi connectivity index (χ0) is 19.6. The number of rotatable bonds is 4. The fraction of sp³-hybridized carbons (Fsp3) is 0.125. The third-order valence-corrected chi connectivity index (χ3v) is 4.33. The second kappa shape index (κ2) is 7.19. The Kier molecular flexibility index (Phi) is 4.95. The Labute approximate surface area is 154 Å². The first-order chi connectivity index (χ1) is 12.8. The molecular formula is C16H11F3N4O3S. The molecular weight excluding hydrogens is 385 g/mol. The number of halogens is 3. The first-order valence-corrected chi connectivity index (χ1v) is 8.24. The van der Waals surface area contributed by atoms with Gasteiger partial charge in [0.2, 0.25) is 0 Å². The maximum absolute atomic E-state index is 13.6. The Morgan fingerprint density at radius 3 is 2.67 bits per heavy atom. The van der Waals surface area contributed by atoms with E-state index in [0.29, 0.717) is 4.68 Å². The van der Waals surface area contributed by atoms with Gasteiger partial charge < -0.3 is 10.1 Å². The van der Waals surface area contributed by atoms with Crippen LogP contribution < -0.4 is 5.32 Å². The molecule has 0 spiro atoms. The number of carbonyl (C=O) groups is 2. The standard InChI is InChI=1S/C16H11F3N4O3S/c1-26-15(25)12-10(5-7-27-12)22-14(24)9-8-21-23(13(9)16(17,18)19)11-4-2-3-6-20-11/h2-8H,1H3,(H,22,24). The molecule has 0 unspecified atom stereocenters. The second-order valence-corrected chi connectivity index (χ2v) is 6.03. The van der Waals surface area contributed by atoms with Gasteiger partial charge in [0.05, 0.1) is 24.6 Å². The van der Waals surface area contributed by atoms with Crippen molar-refractivity contribution < 1.29 is 27.5 Å². The quantitative estimate of drug-likeness (QED) is 0.684. The van der Waals surface area contributed by atoms with Crippen LogP contribution in [0.2, 0.25) is 0 Å². The van der Waals surface area contributed by atoms with E-state index in [9.17, 15) is 22.8 Å². The molecule has 3 aromatic rings. The average Bonchev–Trinajstić information content (AvgIpc) is 3.28. The summed E-state index contributed by atoms with van der Waals surface area (Å²) in [6.45, 7) is 0. The van der Waals surface area contributed by atoms with Crippen LogP contribution in [0, 0.1) is 0 Å². The van der Waals surface area contributed by atoms with Crippen LogP contribution >= 0.6 is 11.3 Å². The lowest BCUT2D eigenvalue weighted by atomic mass is 10.2. The number of ether oxygens (including phenoxy) is 1. The first kappa shape index (κ1) is 18.6. The first-order valence-electron chi connectivity index (χ1n) is 7.36. The van der Waals surface area contributed by atoms with Gasteiger partial charge in [-0.05, 0) is 23.6 Å². The Morgan fingerprint density at radius 2 is 2.04 bits per heavy atom. The van der Waals surface area contributed by atoms with E-state index in [4.69, 9.17) is 0 Å². The predicted octanol–water partition coefficient (Wildman–Crippen LogP) is 3.39. The van der Waals surface area contributed by atoms with Gasteiger partial charge in [0.1, 0.15) is 4.88 Å². The highest BCUT2D eigenvalue weighted by Gasteiger charge is 2.41. The van der Waals surface area contributed by atoms with Crippen molar-refractivity contribution in [2.45, 2.75) is 6.18 Å². The number of nitrogens with one attached hydrogen (secondary N) is 1. The molecule has 7 nitrogen and oxygen atoms in total. The van der Waals surface area contributed by atoms with E-state index in [-0.39, 0.29) is 16.4 Å². The molecule has 11 heteroatoms. The monoisotopic (exact) mass is 396 g/mol. The maximum Gasteiger partial charge on any atom is 0.434 e. The zero-order valence-electron chi connectivity index (χ0n) is 13.6. The molecule has 140 valence electrons. The van der Waals surface area contributed by atoms with Gasteiger partial charge >= 0.3 is 12.1 Å². The Morgan fingerprint density at radius 1 is 1.26 bits per heavy atom. The second-order valence-electron chi connectivity index (χ2n) is 5.11. The number of carbonyl (C=O) groups excluding carboxylic acids is 2. The fourth-order valence-corrected chi connectivity index (χ4v) is 3.05. The minimum absolute atomic E-state index is 0.0514. The molecule has 0 saturated carbocycles. The summed E-state index contributed by atoms with van der Waals surface area (Å²) in [5.74, 6) is -1.86. The van der Waals surface area contributed by atoms with Gasteiger partial charge in [0.15, 0.2) is 11.5 Å². The summed E-state index contributed by atoms with van der Waals surface area (Å²) in [4.78, 5) is 28.0. The minimum atomic E-state index is -4.86. The molecule has 1 amide bonds. The van der Waals surface area contributed by atoms with Crippen molar-refractivity contribution in [2.75, 3.05) is 12.4 Å². The molecule has 1 N–H and O–H groups in total. The van der Waals surface area contributed by atoms with Crippen LogP contribution in [0.1, 0.15) is 25.7 Å². The van der Waals surface area contributed by atoms with E-state index >= 15 is 0 Å². The molecule has 0 aliphatic rings. The van der Waals surface area contributed by atoms with Crippen molar-refractivity contribution in [3.63, 3.8) is 0 Å². The summed E-state index contributed by atoms with van der Waals surface area (Å²) >= 11 is 0.989. The number of thiophene rings is 1. The normalized spacial score (nSPS) is 11.3. The summed E-state index contributed by atoms with van der Waals surface area (Å²) < 4.78 is 45.9. The molecule has 3 heterocycles. The molecule has 0 bridgehead atoms. The van der Waals surface area contributed by atoms with Crippen LogP contribution in [0.4, 0.5) is 18.9 Å². The number of pyridine rings is 1. The highest BCUT2D eigenvalue weighted by atomic mass is 32.1. The Bertz CT molecular complexity index is 982. The summed E-state index contributed by atoms with van der Waals surface area (Å²) in [5.41, 5.74) is -1.92. The summed E-state index contributed by atoms with van der Waals surface area (Å²) in [7, 11) is 1.16. The van der Waals surface area contributed by atoms with E-state index in [1.807, 2.05) is 0 Å². The highest BCUT2D eigenvalue weighted by Crippen LogP contribution is 2.34. The van der Waals surface area contributed by atoms with E-state index in [2.05, 4.69) is 20.1 Å². The van der Waals surface area contributed by atoms with Gasteiger partial charge in [0.25, 0.3) is 5.91 Å². The van der Waals surface area contributed by atoms with Crippen LogP contribution in [-0.4, -0.2) is 33.8 Å². The van der Waals surface area contributed by atoms with Crippen molar-refractivity contribution in [1.29, 1.82) is 0 Å². The van der Waals surface area contributed by atoms with Gasteiger partial charge in [-0.1, -0.05) is 6.07 Å². The van der Waals surface area contributed by atoms with Gasteiger partial charge in [-0.15, -0.1) is 11.3 Å². The number of alkyl halides is 3. The van der Waals surface area contributed by atoms with Crippen LogP contribution in [0.5, 0.6) is 0 Å². The molecule has 0 fully saturated rings. The van der Waals surface area contributed by atoms with Crippen LogP contribution in [-0.2, 0) is 10.9 Å². The molecule has 3 rings (SSSR count). The van der Waals surface area contributed by atoms with Gasteiger partial charge in [-0.3, -0.25) is 4.79 Å². The molecule has 3 aromatic heterocycles. The van der Waals surface area contributed by atoms with Crippen molar-refractivity contribution >= 4 is 28.9 Å². The van der Waals surface area contributed by atoms with Crippen molar-refractivity contribution in [3.05, 3.63) is 58.2 Å². The average molecular weight is 396 g/mol. The van der Waals surface area contributed by atoms with Crippen LogP contribution in [0.3, 0.4) is 0 Å². The van der Waals surface area contributed by atoms with E-state index < -0.39 is 29.3 Å². The topological polar surface area (TPSA) is 86.1 Å². The number of amides is 1. The molecule has 0 aliphatic carbocycles. The molecule has 0 saturated heterocycles. The Balaban J connectivity index is 2.00. The number of methoxy groups -OCH3 is 1. The number of hydrogen-bond acceptors (Lipinski definition) is 6. The third-order valence-electron chi connectivity index (χ3n) is 3.43. The van der Waals surface area contributed by atoms with E-state index in [1.165, 1.54) is 29.8 Å². The highest BCUT2D eigenvalue weighted by molar-refractivity contribution is 7.12. The number of aromatic nitrogens is 3. The SMILES string of the molecule is COC(=O)c1sccc1NC(=O)c1cnn(-c2ccccn2)c1C(F)(F)F. The van der Waals surface area contributed by atoms with Crippen molar-refractivity contribution in [1.82, 2.24) is 14.8 Å². The van der Waals surface area contributed by atoms with Crippen LogP contribution in [0.15, 0.2) is 42.0 Å². The molecule has 0 aliphatic heterocycles. The molecule has 0 aromatic carbocycles. The van der Waals surface area contributed by atoms with Gasteiger partial charge in [-0.2, -0.15) is 18.3 Å². The van der Waals surface area contributed by atoms with E-state index in [1.54, 1.807) is 6.07 Å². The number of anilines is 1. The lowest BCUT2D eigenvalue weighted by Gasteiger charge is -2.12. The number of esters is 1. The Hall–Kier alpha value is -3.21. The molecule has 0 atom stereocenters. The van der Waals surface area contributed by atoms with Gasteiger partial charge in [0, 0.05) is 6.20 Å².